The van der Waals surface area contributed by atoms with Crippen molar-refractivity contribution in [3.05, 3.63) is 139 Å². The summed E-state index contributed by atoms with van der Waals surface area (Å²) in [6.45, 7) is 0. The fourth-order valence-corrected chi connectivity index (χ4v) is 6.64. The van der Waals surface area contributed by atoms with E-state index in [1.807, 2.05) is 18.2 Å². The number of fused-ring (bicyclic) bond motifs is 9. The number of benzene rings is 7. The highest BCUT2D eigenvalue weighted by Gasteiger charge is 2.19. The summed E-state index contributed by atoms with van der Waals surface area (Å²) in [5.41, 5.74) is 7.75. The molecule has 42 heavy (non-hydrogen) atoms. The molecule has 0 unspecified atom stereocenters. The molecule has 0 aliphatic carbocycles. The highest BCUT2D eigenvalue weighted by Crippen LogP contribution is 2.43. The van der Waals surface area contributed by atoms with Crippen LogP contribution in [0.3, 0.4) is 0 Å². The molecule has 0 N–H and O–H groups in total. The second-order valence-electron chi connectivity index (χ2n) is 10.9. The molecule has 9 aromatic rings. The van der Waals surface area contributed by atoms with E-state index in [1.54, 1.807) is 0 Å². The summed E-state index contributed by atoms with van der Waals surface area (Å²) in [5.74, 6) is 0. The number of nitrogens with zero attached hydrogens (tertiary/aromatic N) is 2. The van der Waals surface area contributed by atoms with Gasteiger partial charge in [0, 0.05) is 32.8 Å². The minimum absolute atomic E-state index is 0.647. The maximum absolute atomic E-state index is 9.67. The summed E-state index contributed by atoms with van der Waals surface area (Å²) in [7, 11) is 0. The minimum Gasteiger partial charge on any atom is -0.455 e. The van der Waals surface area contributed by atoms with E-state index >= 15 is 0 Å². The summed E-state index contributed by atoms with van der Waals surface area (Å²) >= 11 is 0. The van der Waals surface area contributed by atoms with Gasteiger partial charge in [0.05, 0.1) is 22.7 Å². The summed E-state index contributed by atoms with van der Waals surface area (Å²) in [4.78, 5) is 0. The van der Waals surface area contributed by atoms with E-state index in [4.69, 9.17) is 4.42 Å². The van der Waals surface area contributed by atoms with Crippen molar-refractivity contribution in [2.24, 2.45) is 0 Å². The van der Waals surface area contributed by atoms with Crippen molar-refractivity contribution in [3.63, 3.8) is 0 Å². The van der Waals surface area contributed by atoms with Crippen LogP contribution in [0, 0.1) is 11.3 Å². The van der Waals surface area contributed by atoms with Gasteiger partial charge in [0.2, 0.25) is 0 Å². The molecule has 2 heterocycles. The predicted molar refractivity (Wildman–Crippen MR) is 173 cm³/mol. The summed E-state index contributed by atoms with van der Waals surface area (Å²) in [6, 6.07) is 49.0. The first kappa shape index (κ1) is 22.9. The topological polar surface area (TPSA) is 41.9 Å². The fourth-order valence-electron chi connectivity index (χ4n) is 6.64. The first-order valence-electron chi connectivity index (χ1n) is 14.1. The number of hydrogen-bond donors (Lipinski definition) is 0. The van der Waals surface area contributed by atoms with E-state index in [0.29, 0.717) is 5.56 Å². The van der Waals surface area contributed by atoms with Gasteiger partial charge in [-0.1, -0.05) is 84.9 Å². The molecule has 3 nitrogen and oxygen atoms in total. The molecule has 0 atom stereocenters. The quantitative estimate of drug-likeness (QED) is 0.221. The average molecular weight is 535 g/mol. The van der Waals surface area contributed by atoms with Gasteiger partial charge < -0.3 is 8.98 Å². The van der Waals surface area contributed by atoms with E-state index in [1.165, 1.54) is 21.5 Å². The standard InChI is InChI=1S/C39H22N2O/c40-23-24-14-16-31-32-17-15-28(21-36(32)41(35(31)18-24)29-11-2-1-3-12-29)33-20-27-10-6-7-13-30(27)38-34-19-25-8-4-5-9-26(25)22-37(34)42-39(33)38/h1-22H. The van der Waals surface area contributed by atoms with Crippen molar-refractivity contribution >= 4 is 65.3 Å². The van der Waals surface area contributed by atoms with Gasteiger partial charge in [-0.2, -0.15) is 5.26 Å². The van der Waals surface area contributed by atoms with E-state index < -0.39 is 0 Å². The summed E-state index contributed by atoms with van der Waals surface area (Å²) in [6.07, 6.45) is 0. The van der Waals surface area contributed by atoms with Crippen LogP contribution in [0.4, 0.5) is 0 Å². The normalized spacial score (nSPS) is 11.8. The number of para-hydroxylation sites is 1. The molecule has 0 radical (unpaired) electrons. The number of aromatic nitrogens is 1. The predicted octanol–water partition coefficient (Wildman–Crippen LogP) is 10.5. The Kier molecular flexibility index (Phi) is 4.68. The lowest BCUT2D eigenvalue weighted by Crippen LogP contribution is -1.94. The van der Waals surface area contributed by atoms with E-state index in [9.17, 15) is 5.26 Å². The van der Waals surface area contributed by atoms with Crippen molar-refractivity contribution in [1.29, 1.82) is 5.26 Å². The molecular formula is C39H22N2O. The minimum atomic E-state index is 0.647. The van der Waals surface area contributed by atoms with Gasteiger partial charge in [-0.3, -0.25) is 0 Å². The second-order valence-corrected chi connectivity index (χ2v) is 10.9. The molecule has 2 aromatic heterocycles. The fraction of sp³-hybridized carbons (Fsp3) is 0. The Labute approximate surface area is 241 Å². The van der Waals surface area contributed by atoms with Crippen molar-refractivity contribution < 1.29 is 4.42 Å². The van der Waals surface area contributed by atoms with Gasteiger partial charge in [0.15, 0.2) is 0 Å². The number of nitriles is 1. The van der Waals surface area contributed by atoms with Gasteiger partial charge in [0.25, 0.3) is 0 Å². The lowest BCUT2D eigenvalue weighted by atomic mass is 9.95. The molecule has 0 spiro atoms. The molecular weight excluding hydrogens is 512 g/mol. The zero-order chi connectivity index (χ0) is 27.8. The maximum atomic E-state index is 9.67. The van der Waals surface area contributed by atoms with Crippen molar-refractivity contribution in [2.75, 3.05) is 0 Å². The van der Waals surface area contributed by atoms with Crippen LogP contribution in [0.15, 0.2) is 138 Å². The van der Waals surface area contributed by atoms with Crippen LogP contribution in [0.5, 0.6) is 0 Å². The van der Waals surface area contributed by atoms with Gasteiger partial charge in [-0.25, -0.2) is 0 Å². The lowest BCUT2D eigenvalue weighted by Gasteiger charge is -2.10. The van der Waals surface area contributed by atoms with E-state index in [-0.39, 0.29) is 0 Å². The zero-order valence-corrected chi connectivity index (χ0v) is 22.5. The number of hydrogen-bond acceptors (Lipinski definition) is 2. The molecule has 0 aliphatic rings. The summed E-state index contributed by atoms with van der Waals surface area (Å²) in [5, 5.41) is 18.9. The molecule has 3 heteroatoms. The second kappa shape index (κ2) is 8.57. The van der Waals surface area contributed by atoms with Crippen molar-refractivity contribution in [2.45, 2.75) is 0 Å². The first-order valence-corrected chi connectivity index (χ1v) is 14.1. The van der Waals surface area contributed by atoms with E-state index in [0.717, 1.165) is 60.6 Å². The third-order valence-corrected chi connectivity index (χ3v) is 8.55. The summed E-state index contributed by atoms with van der Waals surface area (Å²) < 4.78 is 8.99. The molecule has 0 fully saturated rings. The van der Waals surface area contributed by atoms with Crippen LogP contribution < -0.4 is 0 Å². The SMILES string of the molecule is N#Cc1ccc2c3ccc(-c4cc5ccccc5c5c4oc4cc6ccccc6cc45)cc3n(-c3ccccc3)c2c1. The maximum Gasteiger partial charge on any atom is 0.143 e. The molecule has 0 saturated carbocycles. The van der Waals surface area contributed by atoms with Crippen LogP contribution in [-0.2, 0) is 0 Å². The molecule has 0 aliphatic heterocycles. The Morgan fingerprint density at radius 3 is 2.05 bits per heavy atom. The highest BCUT2D eigenvalue weighted by molar-refractivity contribution is 6.24. The Balaban J connectivity index is 1.40. The van der Waals surface area contributed by atoms with E-state index in [2.05, 4.69) is 126 Å². The molecule has 0 bridgehead atoms. The third-order valence-electron chi connectivity index (χ3n) is 8.55. The molecule has 0 saturated heterocycles. The van der Waals surface area contributed by atoms with Crippen molar-refractivity contribution in [3.8, 4) is 22.9 Å². The molecule has 194 valence electrons. The van der Waals surface area contributed by atoms with Gasteiger partial charge in [0.1, 0.15) is 11.2 Å². The lowest BCUT2D eigenvalue weighted by molar-refractivity contribution is 0.671. The smallest absolute Gasteiger partial charge is 0.143 e. The van der Waals surface area contributed by atoms with Crippen LogP contribution in [0.1, 0.15) is 5.56 Å². The van der Waals surface area contributed by atoms with Gasteiger partial charge >= 0.3 is 0 Å². The average Bonchev–Trinajstić information content (AvgIpc) is 3.58. The van der Waals surface area contributed by atoms with Crippen molar-refractivity contribution in [1.82, 2.24) is 4.57 Å². The Hall–Kier alpha value is -5.85. The number of rotatable bonds is 2. The third kappa shape index (κ3) is 3.21. The molecule has 0 amide bonds. The zero-order valence-electron chi connectivity index (χ0n) is 22.5. The van der Waals surface area contributed by atoms with Gasteiger partial charge in [-0.15, -0.1) is 0 Å². The van der Waals surface area contributed by atoms with Crippen LogP contribution in [-0.4, -0.2) is 4.57 Å². The molecule has 9 rings (SSSR count). The van der Waals surface area contributed by atoms with Crippen LogP contribution in [0.2, 0.25) is 0 Å². The monoisotopic (exact) mass is 534 g/mol. The Bertz CT molecular complexity index is 2580. The Morgan fingerprint density at radius 2 is 1.24 bits per heavy atom. The van der Waals surface area contributed by atoms with Gasteiger partial charge in [-0.05, 0) is 75.6 Å². The van der Waals surface area contributed by atoms with Crippen LogP contribution >= 0.6 is 0 Å². The largest absolute Gasteiger partial charge is 0.455 e. The highest BCUT2D eigenvalue weighted by atomic mass is 16.3. The number of furan rings is 1. The first-order chi connectivity index (χ1) is 20.8. The van der Waals surface area contributed by atoms with Crippen LogP contribution in [0.25, 0.3) is 82.1 Å². The molecule has 7 aromatic carbocycles. The Morgan fingerprint density at radius 1 is 0.548 bits per heavy atom.